The Labute approximate surface area is 155 Å². The van der Waals surface area contributed by atoms with Crippen molar-refractivity contribution >= 4 is 23.5 Å². The van der Waals surface area contributed by atoms with Crippen LogP contribution in [0.25, 0.3) is 0 Å². The highest BCUT2D eigenvalue weighted by molar-refractivity contribution is 5.96. The first-order chi connectivity index (χ1) is 12.4. The van der Waals surface area contributed by atoms with Crippen molar-refractivity contribution in [1.29, 1.82) is 0 Å². The zero-order valence-corrected chi connectivity index (χ0v) is 15.5. The quantitative estimate of drug-likeness (QED) is 0.701. The van der Waals surface area contributed by atoms with Gasteiger partial charge in [-0.2, -0.15) is 0 Å². The molecule has 3 amide bonds. The Kier molecular flexibility index (Phi) is 7.60. The smallest absolute Gasteiger partial charge is 0.227 e. The minimum Gasteiger partial charge on any atom is -0.369 e. The van der Waals surface area contributed by atoms with Crippen LogP contribution < -0.4 is 11.1 Å². The average Bonchev–Trinajstić information content (AvgIpc) is 2.79. The molecule has 0 spiro atoms. The van der Waals surface area contributed by atoms with Crippen LogP contribution in [0.1, 0.15) is 58.3 Å². The molecule has 0 aromatic rings. The van der Waals surface area contributed by atoms with Crippen molar-refractivity contribution in [3.8, 4) is 0 Å². The van der Waals surface area contributed by atoms with E-state index in [2.05, 4.69) is 5.32 Å². The third-order valence-corrected chi connectivity index (χ3v) is 5.45. The van der Waals surface area contributed by atoms with E-state index in [1.165, 1.54) is 12.8 Å². The Balaban J connectivity index is 2.08. The zero-order chi connectivity index (χ0) is 19.1. The lowest BCUT2D eigenvalue weighted by Gasteiger charge is -2.34. The van der Waals surface area contributed by atoms with E-state index in [1.807, 2.05) is 0 Å². The number of nitrogens with two attached hydrogens (primary N) is 1. The van der Waals surface area contributed by atoms with Crippen LogP contribution in [0.15, 0.2) is 0 Å². The van der Waals surface area contributed by atoms with Crippen molar-refractivity contribution in [3.63, 3.8) is 0 Å². The van der Waals surface area contributed by atoms with Gasteiger partial charge >= 0.3 is 0 Å². The number of nitrogens with one attached hydrogen (secondary N) is 1. The summed E-state index contributed by atoms with van der Waals surface area (Å²) in [5.74, 6) is -1.02. The number of Topliss-reactive ketones (excluding diaryl/α,β-unsaturated/α-hetero) is 1. The molecule has 0 bridgehead atoms. The van der Waals surface area contributed by atoms with Crippen LogP contribution >= 0.6 is 0 Å². The second-order valence-electron chi connectivity index (χ2n) is 7.54. The molecule has 1 saturated heterocycles. The van der Waals surface area contributed by atoms with Crippen molar-refractivity contribution in [3.05, 3.63) is 6.42 Å². The highest BCUT2D eigenvalue weighted by atomic mass is 16.2. The Morgan fingerprint density at radius 2 is 1.92 bits per heavy atom. The van der Waals surface area contributed by atoms with Gasteiger partial charge in [-0.1, -0.05) is 26.2 Å². The predicted octanol–water partition coefficient (Wildman–Crippen LogP) is 0.959. The first-order valence-corrected chi connectivity index (χ1v) is 9.61. The van der Waals surface area contributed by atoms with Crippen LogP contribution in [-0.4, -0.2) is 47.5 Å². The van der Waals surface area contributed by atoms with Gasteiger partial charge in [0, 0.05) is 18.9 Å². The molecule has 7 heteroatoms. The molecule has 2 rings (SSSR count). The number of carbonyl (C=O) groups is 4. The topological polar surface area (TPSA) is 110 Å². The summed E-state index contributed by atoms with van der Waals surface area (Å²) in [6.07, 6.45) is 7.93. The Hall–Kier alpha value is -1.92. The molecule has 0 aromatic heterocycles. The average molecular weight is 364 g/mol. The summed E-state index contributed by atoms with van der Waals surface area (Å²) >= 11 is 0. The van der Waals surface area contributed by atoms with Crippen LogP contribution in [0.4, 0.5) is 0 Å². The highest BCUT2D eigenvalue weighted by Gasteiger charge is 2.34. The molecule has 1 radical (unpaired) electrons. The SMILES string of the molecule is C[C@@H](C[CH]C(=O)N(CC1CCCCC1)[C@H]1CCC(=O)NCC1=O)C(N)=O. The lowest BCUT2D eigenvalue weighted by molar-refractivity contribution is -0.137. The third-order valence-electron chi connectivity index (χ3n) is 5.45. The maximum Gasteiger partial charge on any atom is 0.227 e. The van der Waals surface area contributed by atoms with Crippen molar-refractivity contribution in [2.45, 2.75) is 64.3 Å². The Morgan fingerprint density at radius 3 is 2.58 bits per heavy atom. The molecule has 1 aliphatic carbocycles. The maximum absolute atomic E-state index is 12.8. The molecular weight excluding hydrogens is 334 g/mol. The second kappa shape index (κ2) is 9.69. The van der Waals surface area contributed by atoms with Gasteiger partial charge in [0.05, 0.1) is 19.0 Å². The molecule has 145 valence electrons. The van der Waals surface area contributed by atoms with Crippen molar-refractivity contribution in [1.82, 2.24) is 10.2 Å². The fourth-order valence-electron chi connectivity index (χ4n) is 3.68. The number of rotatable bonds is 7. The van der Waals surface area contributed by atoms with Crippen LogP contribution in [0.3, 0.4) is 0 Å². The largest absolute Gasteiger partial charge is 0.369 e. The fraction of sp³-hybridized carbons (Fsp3) is 0.737. The third kappa shape index (κ3) is 5.81. The van der Waals surface area contributed by atoms with Crippen LogP contribution in [0.5, 0.6) is 0 Å². The number of carbonyl (C=O) groups excluding carboxylic acids is 4. The van der Waals surface area contributed by atoms with Gasteiger partial charge in [0.15, 0.2) is 5.78 Å². The molecular formula is C19H30N3O4. The van der Waals surface area contributed by atoms with Crippen LogP contribution in [0, 0.1) is 18.3 Å². The maximum atomic E-state index is 12.8. The number of amides is 3. The van der Waals surface area contributed by atoms with Gasteiger partial charge in [-0.25, -0.2) is 0 Å². The summed E-state index contributed by atoms with van der Waals surface area (Å²) in [6.45, 7) is 2.18. The van der Waals surface area contributed by atoms with Crippen LogP contribution in [0.2, 0.25) is 0 Å². The summed E-state index contributed by atoms with van der Waals surface area (Å²) in [4.78, 5) is 49.8. The number of ketones is 1. The summed E-state index contributed by atoms with van der Waals surface area (Å²) in [5.41, 5.74) is 5.26. The molecule has 2 fully saturated rings. The molecule has 1 saturated carbocycles. The normalized spacial score (nSPS) is 23.0. The van der Waals surface area contributed by atoms with Crippen LogP contribution in [-0.2, 0) is 19.2 Å². The summed E-state index contributed by atoms with van der Waals surface area (Å²) < 4.78 is 0. The minimum absolute atomic E-state index is 0.0321. The van der Waals surface area contributed by atoms with E-state index in [0.29, 0.717) is 18.9 Å². The molecule has 0 aromatic carbocycles. The molecule has 7 nitrogen and oxygen atoms in total. The summed E-state index contributed by atoms with van der Waals surface area (Å²) in [7, 11) is 0. The molecule has 2 atom stereocenters. The first kappa shape index (κ1) is 20.4. The summed E-state index contributed by atoms with van der Waals surface area (Å²) in [6, 6.07) is -0.580. The fourth-order valence-corrected chi connectivity index (χ4v) is 3.68. The van der Waals surface area contributed by atoms with Gasteiger partial charge in [0.1, 0.15) is 0 Å². The lowest BCUT2D eigenvalue weighted by atomic mass is 9.88. The van der Waals surface area contributed by atoms with E-state index in [1.54, 1.807) is 11.8 Å². The van der Waals surface area contributed by atoms with Gasteiger partial charge in [-0.05, 0) is 31.6 Å². The van der Waals surface area contributed by atoms with Crippen molar-refractivity contribution in [2.24, 2.45) is 17.6 Å². The predicted molar refractivity (Wildman–Crippen MR) is 96.6 cm³/mol. The van der Waals surface area contributed by atoms with Crippen molar-refractivity contribution in [2.75, 3.05) is 13.1 Å². The number of hydrogen-bond donors (Lipinski definition) is 2. The van der Waals surface area contributed by atoms with Gasteiger partial charge in [-0.3, -0.25) is 19.2 Å². The van der Waals surface area contributed by atoms with E-state index in [0.717, 1.165) is 25.7 Å². The highest BCUT2D eigenvalue weighted by Crippen LogP contribution is 2.26. The summed E-state index contributed by atoms with van der Waals surface area (Å²) in [5, 5.41) is 2.59. The second-order valence-corrected chi connectivity index (χ2v) is 7.54. The lowest BCUT2D eigenvalue weighted by Crippen LogP contribution is -2.49. The number of hydrogen-bond acceptors (Lipinski definition) is 4. The first-order valence-electron chi connectivity index (χ1n) is 9.61. The Bertz CT molecular complexity index is 543. The molecule has 0 unspecified atom stereocenters. The van der Waals surface area contributed by atoms with E-state index in [9.17, 15) is 19.2 Å². The standard InChI is InChI=1S/C19H30N3O4/c1-13(19(20)26)7-10-18(25)22(12-14-5-3-2-4-6-14)15-8-9-17(24)21-11-16(15)23/h10,13-15H,2-9,11-12H2,1H3,(H2,20,26)(H,21,24)/t13-,15-/m0/s1. The van der Waals surface area contributed by atoms with E-state index >= 15 is 0 Å². The van der Waals surface area contributed by atoms with Gasteiger partial charge < -0.3 is 16.0 Å². The van der Waals surface area contributed by atoms with E-state index < -0.39 is 17.9 Å². The van der Waals surface area contributed by atoms with E-state index in [-0.39, 0.29) is 37.0 Å². The Morgan fingerprint density at radius 1 is 1.23 bits per heavy atom. The van der Waals surface area contributed by atoms with E-state index in [4.69, 9.17) is 5.73 Å². The van der Waals surface area contributed by atoms with Gasteiger partial charge in [-0.15, -0.1) is 0 Å². The molecule has 26 heavy (non-hydrogen) atoms. The van der Waals surface area contributed by atoms with Crippen molar-refractivity contribution < 1.29 is 19.2 Å². The molecule has 1 heterocycles. The van der Waals surface area contributed by atoms with Gasteiger partial charge in [0.2, 0.25) is 17.7 Å². The number of nitrogens with zero attached hydrogens (tertiary/aromatic N) is 1. The minimum atomic E-state index is -0.580. The van der Waals surface area contributed by atoms with Gasteiger partial charge in [0.25, 0.3) is 0 Å². The zero-order valence-electron chi connectivity index (χ0n) is 15.5. The molecule has 3 N–H and O–H groups in total. The molecule has 2 aliphatic rings. The monoisotopic (exact) mass is 364 g/mol. The molecule has 1 aliphatic heterocycles. The number of primary amides is 1.